The van der Waals surface area contributed by atoms with E-state index in [0.29, 0.717) is 48.1 Å². The number of benzene rings is 2. The van der Waals surface area contributed by atoms with E-state index in [1.165, 1.54) is 0 Å². The number of aryl methyl sites for hydroxylation is 1. The number of anilines is 1. The van der Waals surface area contributed by atoms with E-state index in [4.69, 9.17) is 14.2 Å². The molecule has 1 aliphatic rings. The van der Waals surface area contributed by atoms with E-state index in [-0.39, 0.29) is 5.56 Å². The summed E-state index contributed by atoms with van der Waals surface area (Å²) >= 11 is 0. The second kappa shape index (κ2) is 6.59. The van der Waals surface area contributed by atoms with Crippen molar-refractivity contribution in [1.82, 2.24) is 9.55 Å². The number of rotatable bonds is 4. The van der Waals surface area contributed by atoms with Crippen molar-refractivity contribution in [3.05, 3.63) is 52.6 Å². The second-order valence-corrected chi connectivity index (χ2v) is 5.97. The van der Waals surface area contributed by atoms with Gasteiger partial charge in [0.05, 0.1) is 24.7 Å². The highest BCUT2D eigenvalue weighted by Gasteiger charge is 2.13. The highest BCUT2D eigenvalue weighted by atomic mass is 16.6. The molecule has 0 aliphatic carbocycles. The summed E-state index contributed by atoms with van der Waals surface area (Å²) in [4.78, 5) is 17.4. The van der Waals surface area contributed by atoms with Crippen molar-refractivity contribution in [2.45, 2.75) is 13.6 Å². The first-order chi connectivity index (χ1) is 12.7. The zero-order valence-corrected chi connectivity index (χ0v) is 14.6. The fourth-order valence-corrected chi connectivity index (χ4v) is 2.95. The van der Waals surface area contributed by atoms with Gasteiger partial charge in [-0.3, -0.25) is 9.36 Å². The fourth-order valence-electron chi connectivity index (χ4n) is 2.95. The number of nitrogens with one attached hydrogen (secondary N) is 1. The second-order valence-electron chi connectivity index (χ2n) is 5.97. The molecule has 26 heavy (non-hydrogen) atoms. The van der Waals surface area contributed by atoms with Crippen LogP contribution < -0.4 is 25.1 Å². The molecule has 2 aromatic carbocycles. The summed E-state index contributed by atoms with van der Waals surface area (Å²) in [6.07, 6.45) is 0. The highest BCUT2D eigenvalue weighted by Crippen LogP contribution is 2.32. The molecule has 7 nitrogen and oxygen atoms in total. The van der Waals surface area contributed by atoms with E-state index < -0.39 is 0 Å². The van der Waals surface area contributed by atoms with Crippen LogP contribution in [0.5, 0.6) is 17.2 Å². The van der Waals surface area contributed by atoms with Gasteiger partial charge in [-0.2, -0.15) is 0 Å². The molecular weight excluding hydrogens is 334 g/mol. The summed E-state index contributed by atoms with van der Waals surface area (Å²) in [6, 6.07) is 10.9. The third kappa shape index (κ3) is 2.92. The molecule has 4 rings (SSSR count). The Bertz CT molecular complexity index is 1030. The first kappa shape index (κ1) is 16.3. The molecule has 2 heterocycles. The third-order valence-electron chi connectivity index (χ3n) is 4.34. The quantitative estimate of drug-likeness (QED) is 0.777. The van der Waals surface area contributed by atoms with Gasteiger partial charge in [-0.1, -0.05) is 0 Å². The third-order valence-corrected chi connectivity index (χ3v) is 4.34. The molecule has 0 radical (unpaired) electrons. The number of hydrogen-bond acceptors (Lipinski definition) is 6. The van der Waals surface area contributed by atoms with Crippen LogP contribution in [0.1, 0.15) is 5.82 Å². The van der Waals surface area contributed by atoms with Crippen LogP contribution in [0.2, 0.25) is 0 Å². The van der Waals surface area contributed by atoms with Crippen LogP contribution >= 0.6 is 0 Å². The molecule has 1 N–H and O–H groups in total. The van der Waals surface area contributed by atoms with Crippen LogP contribution in [-0.4, -0.2) is 29.9 Å². The fraction of sp³-hybridized carbons (Fsp3) is 0.263. The molecule has 1 aromatic heterocycles. The minimum Gasteiger partial charge on any atom is -0.497 e. The predicted molar refractivity (Wildman–Crippen MR) is 98.3 cm³/mol. The van der Waals surface area contributed by atoms with Gasteiger partial charge in [0.1, 0.15) is 24.8 Å². The Morgan fingerprint density at radius 3 is 2.77 bits per heavy atom. The number of aromatic nitrogens is 2. The standard InChI is InChI=1S/C19H19N3O4/c1-12-21-16-5-4-14(24-2)10-15(16)19(23)22(12)11-20-13-3-6-17-18(9-13)26-8-7-25-17/h3-6,9-10,20H,7-8,11H2,1-2H3. The molecule has 0 unspecified atom stereocenters. The topological polar surface area (TPSA) is 74.6 Å². The maximum absolute atomic E-state index is 12.9. The highest BCUT2D eigenvalue weighted by molar-refractivity contribution is 5.79. The molecule has 134 valence electrons. The Kier molecular flexibility index (Phi) is 4.12. The molecule has 0 saturated carbocycles. The van der Waals surface area contributed by atoms with Crippen LogP contribution in [0, 0.1) is 6.92 Å². The van der Waals surface area contributed by atoms with Crippen molar-refractivity contribution in [3.63, 3.8) is 0 Å². The van der Waals surface area contributed by atoms with E-state index in [0.717, 1.165) is 11.4 Å². The molecule has 7 heteroatoms. The SMILES string of the molecule is COc1ccc2nc(C)n(CNc3ccc4c(c3)OCCO4)c(=O)c2c1. The first-order valence-electron chi connectivity index (χ1n) is 8.34. The summed E-state index contributed by atoms with van der Waals surface area (Å²) in [5.41, 5.74) is 1.38. The van der Waals surface area contributed by atoms with Crippen molar-refractivity contribution in [3.8, 4) is 17.2 Å². The lowest BCUT2D eigenvalue weighted by molar-refractivity contribution is 0.171. The number of fused-ring (bicyclic) bond motifs is 2. The van der Waals surface area contributed by atoms with Crippen molar-refractivity contribution in [2.75, 3.05) is 25.6 Å². The minimum absolute atomic E-state index is 0.114. The lowest BCUT2D eigenvalue weighted by atomic mass is 10.2. The van der Waals surface area contributed by atoms with E-state index in [1.54, 1.807) is 29.9 Å². The average molecular weight is 353 g/mol. The van der Waals surface area contributed by atoms with Gasteiger partial charge in [0.25, 0.3) is 5.56 Å². The molecule has 0 bridgehead atoms. The summed E-state index contributed by atoms with van der Waals surface area (Å²) in [5, 5.41) is 3.77. The molecule has 0 saturated heterocycles. The summed E-state index contributed by atoms with van der Waals surface area (Å²) in [5.74, 6) is 2.70. The minimum atomic E-state index is -0.114. The van der Waals surface area contributed by atoms with Crippen molar-refractivity contribution in [2.24, 2.45) is 0 Å². The summed E-state index contributed by atoms with van der Waals surface area (Å²) in [7, 11) is 1.57. The van der Waals surface area contributed by atoms with Gasteiger partial charge in [0.2, 0.25) is 0 Å². The Hall–Kier alpha value is -3.22. The van der Waals surface area contributed by atoms with Gasteiger partial charge in [0, 0.05) is 11.8 Å². The smallest absolute Gasteiger partial charge is 0.263 e. The first-order valence-corrected chi connectivity index (χ1v) is 8.34. The van der Waals surface area contributed by atoms with Crippen LogP contribution in [0.4, 0.5) is 5.69 Å². The Labute approximate surface area is 150 Å². The number of nitrogens with zero attached hydrogens (tertiary/aromatic N) is 2. The summed E-state index contributed by atoms with van der Waals surface area (Å²) in [6.45, 7) is 3.20. The number of ether oxygens (including phenoxy) is 3. The molecule has 0 atom stereocenters. The molecular formula is C19H19N3O4. The monoisotopic (exact) mass is 353 g/mol. The number of methoxy groups -OCH3 is 1. The van der Waals surface area contributed by atoms with Crippen molar-refractivity contribution in [1.29, 1.82) is 0 Å². The van der Waals surface area contributed by atoms with E-state index in [1.807, 2.05) is 25.1 Å². The van der Waals surface area contributed by atoms with Gasteiger partial charge >= 0.3 is 0 Å². The zero-order valence-electron chi connectivity index (χ0n) is 14.6. The summed E-state index contributed by atoms with van der Waals surface area (Å²) < 4.78 is 17.9. The van der Waals surface area contributed by atoms with Gasteiger partial charge in [-0.25, -0.2) is 4.98 Å². The van der Waals surface area contributed by atoms with Gasteiger partial charge < -0.3 is 19.5 Å². The largest absolute Gasteiger partial charge is 0.497 e. The number of hydrogen-bond donors (Lipinski definition) is 1. The van der Waals surface area contributed by atoms with Gasteiger partial charge in [-0.05, 0) is 37.3 Å². The normalized spacial score (nSPS) is 12.8. The predicted octanol–water partition coefficient (Wildman–Crippen LogP) is 2.55. The lowest BCUT2D eigenvalue weighted by Gasteiger charge is -2.19. The van der Waals surface area contributed by atoms with Gasteiger partial charge in [-0.15, -0.1) is 0 Å². The average Bonchev–Trinajstić information content (AvgIpc) is 2.67. The van der Waals surface area contributed by atoms with Crippen LogP contribution in [-0.2, 0) is 6.67 Å². The zero-order chi connectivity index (χ0) is 18.1. The maximum atomic E-state index is 12.9. The maximum Gasteiger partial charge on any atom is 0.263 e. The Morgan fingerprint density at radius 1 is 1.15 bits per heavy atom. The Morgan fingerprint density at radius 2 is 1.96 bits per heavy atom. The Balaban J connectivity index is 1.63. The molecule has 0 fully saturated rings. The van der Waals surface area contributed by atoms with E-state index in [9.17, 15) is 4.79 Å². The van der Waals surface area contributed by atoms with E-state index in [2.05, 4.69) is 10.3 Å². The van der Waals surface area contributed by atoms with Crippen molar-refractivity contribution < 1.29 is 14.2 Å². The van der Waals surface area contributed by atoms with E-state index >= 15 is 0 Å². The lowest BCUT2D eigenvalue weighted by Crippen LogP contribution is -2.27. The van der Waals surface area contributed by atoms with Crippen molar-refractivity contribution >= 4 is 16.6 Å². The molecule has 0 spiro atoms. The molecule has 3 aromatic rings. The van der Waals surface area contributed by atoms with Crippen LogP contribution in [0.15, 0.2) is 41.2 Å². The molecule has 1 aliphatic heterocycles. The van der Waals surface area contributed by atoms with Crippen LogP contribution in [0.3, 0.4) is 0 Å². The molecule has 0 amide bonds. The van der Waals surface area contributed by atoms with Gasteiger partial charge in [0.15, 0.2) is 11.5 Å². The van der Waals surface area contributed by atoms with Crippen LogP contribution in [0.25, 0.3) is 10.9 Å².